The van der Waals surface area contributed by atoms with Gasteiger partial charge in [0.05, 0.1) is 6.61 Å². The highest BCUT2D eigenvalue weighted by molar-refractivity contribution is 5.99. The molecule has 0 amide bonds. The molecule has 0 bridgehead atoms. The molecule has 0 aliphatic rings. The Balaban J connectivity index is 3.00. The molecule has 2 heteroatoms. The number of hydrogen-bond acceptors (Lipinski definition) is 2. The van der Waals surface area contributed by atoms with Crippen LogP contribution in [0, 0.1) is 6.92 Å². The Bertz CT molecular complexity index is 756. The zero-order valence-electron chi connectivity index (χ0n) is 21.3. The van der Waals surface area contributed by atoms with Crippen molar-refractivity contribution in [3.8, 4) is 0 Å². The van der Waals surface area contributed by atoms with Gasteiger partial charge in [-0.25, -0.2) is 0 Å². The van der Waals surface area contributed by atoms with Gasteiger partial charge in [-0.05, 0) is 87.1 Å². The Labute approximate surface area is 185 Å². The van der Waals surface area contributed by atoms with Crippen LogP contribution in [0.4, 0.5) is 0 Å². The van der Waals surface area contributed by atoms with E-state index < -0.39 is 6.10 Å². The highest BCUT2D eigenvalue weighted by Crippen LogP contribution is 2.35. The summed E-state index contributed by atoms with van der Waals surface area (Å²) >= 11 is 0. The summed E-state index contributed by atoms with van der Waals surface area (Å²) in [6.45, 7) is 24.1. The molecule has 2 nitrogen and oxygen atoms in total. The quantitative estimate of drug-likeness (QED) is 0.321. The normalized spacial score (nSPS) is 13.9. The SMILES string of the molecule is CC(C)=CCC/C(C)=C/COC(C)C(=O)c1cc(C(C)(C)C)c(C)c(C(C)(C)C)c1. The van der Waals surface area contributed by atoms with Gasteiger partial charge in [-0.15, -0.1) is 0 Å². The monoisotopic (exact) mass is 412 g/mol. The first-order valence-electron chi connectivity index (χ1n) is 11.2. The molecular weight excluding hydrogens is 368 g/mol. The second-order valence-electron chi connectivity index (χ2n) is 10.9. The molecule has 0 spiro atoms. The summed E-state index contributed by atoms with van der Waals surface area (Å²) in [7, 11) is 0. The largest absolute Gasteiger partial charge is 0.366 e. The Morgan fingerprint density at radius 2 is 1.47 bits per heavy atom. The molecule has 0 fully saturated rings. The van der Waals surface area contributed by atoms with Crippen LogP contribution < -0.4 is 0 Å². The highest BCUT2D eigenvalue weighted by Gasteiger charge is 2.27. The van der Waals surface area contributed by atoms with E-state index in [0.717, 1.165) is 18.4 Å². The van der Waals surface area contributed by atoms with Crippen LogP contribution in [-0.2, 0) is 15.6 Å². The second-order valence-corrected chi connectivity index (χ2v) is 10.9. The van der Waals surface area contributed by atoms with Crippen molar-refractivity contribution >= 4 is 5.78 Å². The molecule has 1 unspecified atom stereocenters. The van der Waals surface area contributed by atoms with E-state index in [1.807, 2.05) is 6.92 Å². The lowest BCUT2D eigenvalue weighted by molar-refractivity contribution is 0.0564. The van der Waals surface area contributed by atoms with Crippen LogP contribution in [-0.4, -0.2) is 18.5 Å². The number of benzene rings is 1. The molecule has 1 atom stereocenters. The lowest BCUT2D eigenvalue weighted by Gasteiger charge is -2.30. The Kier molecular flexibility index (Phi) is 9.29. The number of carbonyl (C=O) groups excluding carboxylic acids is 1. The van der Waals surface area contributed by atoms with Gasteiger partial charge in [-0.2, -0.15) is 0 Å². The molecule has 0 aliphatic carbocycles. The third kappa shape index (κ3) is 7.87. The van der Waals surface area contributed by atoms with E-state index in [0.29, 0.717) is 6.61 Å². The highest BCUT2D eigenvalue weighted by atomic mass is 16.5. The van der Waals surface area contributed by atoms with Gasteiger partial charge in [-0.3, -0.25) is 4.79 Å². The number of ether oxygens (including phenoxy) is 1. The first kappa shape index (κ1) is 26.4. The molecule has 30 heavy (non-hydrogen) atoms. The third-order valence-corrected chi connectivity index (χ3v) is 5.55. The molecule has 1 rings (SSSR count). The van der Waals surface area contributed by atoms with Gasteiger partial charge < -0.3 is 4.74 Å². The summed E-state index contributed by atoms with van der Waals surface area (Å²) in [5.41, 5.74) is 7.13. The van der Waals surface area contributed by atoms with Crippen molar-refractivity contribution in [2.75, 3.05) is 6.61 Å². The fraction of sp³-hybridized carbons (Fsp3) is 0.607. The Morgan fingerprint density at radius 3 is 1.90 bits per heavy atom. The van der Waals surface area contributed by atoms with Crippen molar-refractivity contribution in [1.29, 1.82) is 0 Å². The number of carbonyl (C=O) groups is 1. The maximum atomic E-state index is 13.2. The average molecular weight is 413 g/mol. The average Bonchev–Trinajstić information content (AvgIpc) is 2.58. The van der Waals surface area contributed by atoms with Gasteiger partial charge in [-0.1, -0.05) is 64.8 Å². The van der Waals surface area contributed by atoms with Crippen LogP contribution in [0.2, 0.25) is 0 Å². The lowest BCUT2D eigenvalue weighted by Crippen LogP contribution is -2.25. The third-order valence-electron chi connectivity index (χ3n) is 5.55. The van der Waals surface area contributed by atoms with Gasteiger partial charge in [0.2, 0.25) is 0 Å². The van der Waals surface area contributed by atoms with Crippen molar-refractivity contribution in [2.45, 2.75) is 106 Å². The summed E-state index contributed by atoms with van der Waals surface area (Å²) in [5, 5.41) is 0. The van der Waals surface area contributed by atoms with Crippen molar-refractivity contribution in [3.63, 3.8) is 0 Å². The molecule has 0 N–H and O–H groups in total. The fourth-order valence-electron chi connectivity index (χ4n) is 3.75. The van der Waals surface area contributed by atoms with Crippen LogP contribution in [0.3, 0.4) is 0 Å². The summed E-state index contributed by atoms with van der Waals surface area (Å²) in [4.78, 5) is 13.2. The van der Waals surface area contributed by atoms with Crippen LogP contribution >= 0.6 is 0 Å². The predicted octanol–water partition coefficient (Wildman–Crippen LogP) is 7.87. The van der Waals surface area contributed by atoms with Gasteiger partial charge in [0.25, 0.3) is 0 Å². The van der Waals surface area contributed by atoms with Crippen LogP contribution in [0.1, 0.15) is 109 Å². The van der Waals surface area contributed by atoms with Crippen LogP contribution in [0.15, 0.2) is 35.4 Å². The van der Waals surface area contributed by atoms with Gasteiger partial charge in [0.15, 0.2) is 5.78 Å². The van der Waals surface area contributed by atoms with E-state index in [1.165, 1.54) is 27.8 Å². The zero-order valence-corrected chi connectivity index (χ0v) is 21.3. The van der Waals surface area contributed by atoms with Crippen molar-refractivity contribution in [2.24, 2.45) is 0 Å². The molecule has 0 saturated heterocycles. The first-order valence-corrected chi connectivity index (χ1v) is 11.2. The van der Waals surface area contributed by atoms with E-state index in [1.54, 1.807) is 0 Å². The van der Waals surface area contributed by atoms with Gasteiger partial charge >= 0.3 is 0 Å². The van der Waals surface area contributed by atoms with Gasteiger partial charge in [0.1, 0.15) is 6.10 Å². The van der Waals surface area contributed by atoms with Crippen molar-refractivity contribution < 1.29 is 9.53 Å². The number of hydrogen-bond donors (Lipinski definition) is 0. The van der Waals surface area contributed by atoms with Crippen molar-refractivity contribution in [3.05, 3.63) is 57.7 Å². The van der Waals surface area contributed by atoms with Crippen LogP contribution in [0.5, 0.6) is 0 Å². The predicted molar refractivity (Wildman–Crippen MR) is 131 cm³/mol. The molecule has 0 aromatic heterocycles. The topological polar surface area (TPSA) is 26.3 Å². The summed E-state index contributed by atoms with van der Waals surface area (Å²) in [5.74, 6) is 0.0570. The molecule has 1 aromatic rings. The minimum absolute atomic E-state index is 0.0182. The maximum absolute atomic E-state index is 13.2. The fourth-order valence-corrected chi connectivity index (χ4v) is 3.75. The summed E-state index contributed by atoms with van der Waals surface area (Å²) in [6.07, 6.45) is 5.96. The van der Waals surface area contributed by atoms with E-state index in [-0.39, 0.29) is 16.6 Å². The lowest BCUT2D eigenvalue weighted by atomic mass is 9.75. The van der Waals surface area contributed by atoms with E-state index in [2.05, 4.69) is 93.5 Å². The molecular formula is C28H44O2. The van der Waals surface area contributed by atoms with Crippen molar-refractivity contribution in [1.82, 2.24) is 0 Å². The van der Waals surface area contributed by atoms with E-state index in [9.17, 15) is 4.79 Å². The maximum Gasteiger partial charge on any atom is 0.191 e. The number of rotatable bonds is 8. The van der Waals surface area contributed by atoms with E-state index in [4.69, 9.17) is 4.74 Å². The molecule has 168 valence electrons. The summed E-state index contributed by atoms with van der Waals surface area (Å²) in [6, 6.07) is 4.15. The Morgan fingerprint density at radius 1 is 0.967 bits per heavy atom. The zero-order chi connectivity index (χ0) is 23.3. The molecule has 0 radical (unpaired) electrons. The van der Waals surface area contributed by atoms with E-state index >= 15 is 0 Å². The number of ketones is 1. The van der Waals surface area contributed by atoms with Gasteiger partial charge in [0, 0.05) is 5.56 Å². The molecule has 0 aliphatic heterocycles. The molecule has 0 saturated carbocycles. The molecule has 0 heterocycles. The smallest absolute Gasteiger partial charge is 0.191 e. The Hall–Kier alpha value is -1.67. The standard InChI is InChI=1S/C28H44O2/c1-19(2)13-12-14-20(3)15-16-30-22(5)26(29)23-17-24(27(6,7)8)21(4)25(18-23)28(9,10)11/h13,15,17-18,22H,12,14,16H2,1-11H3/b20-15+. The summed E-state index contributed by atoms with van der Waals surface area (Å²) < 4.78 is 5.90. The minimum atomic E-state index is -0.463. The number of allylic oxidation sites excluding steroid dienone is 3. The van der Waals surface area contributed by atoms with Crippen LogP contribution in [0.25, 0.3) is 0 Å². The first-order chi connectivity index (χ1) is 13.6. The number of Topliss-reactive ketones (excluding diaryl/α,β-unsaturated/α-hetero) is 1. The second kappa shape index (κ2) is 10.6. The minimum Gasteiger partial charge on any atom is -0.366 e. The molecule has 1 aromatic carbocycles.